The van der Waals surface area contributed by atoms with Crippen molar-refractivity contribution in [2.45, 2.75) is 51.4 Å². The quantitative estimate of drug-likeness (QED) is 0.433. The standard InChI is InChI=1S/C34H34/c1-33(19-9-3-10-20-33)31-27(23-25-13-5-7-15-29(25)31)17-18-28-24-26-14-6-8-16-30(26)32(28)34(2)21-11-4-12-22-34/h3-16,19,21,23-24,31-32H,17-18,20,22H2,1-2H3. The van der Waals surface area contributed by atoms with Gasteiger partial charge in [-0.3, -0.25) is 0 Å². The first-order valence-electron chi connectivity index (χ1n) is 12.8. The van der Waals surface area contributed by atoms with Crippen LogP contribution in [0.4, 0.5) is 0 Å². The third-order valence-electron chi connectivity index (χ3n) is 8.62. The molecule has 0 radical (unpaired) electrons. The molecule has 0 saturated carbocycles. The largest absolute Gasteiger partial charge is 0.0837 e. The Kier molecular flexibility index (Phi) is 5.21. The third-order valence-corrected chi connectivity index (χ3v) is 8.62. The minimum absolute atomic E-state index is 0.141. The zero-order valence-corrected chi connectivity index (χ0v) is 20.4. The van der Waals surface area contributed by atoms with E-state index in [1.807, 2.05) is 0 Å². The fraction of sp³-hybridized carbons (Fsp3) is 0.294. The molecule has 0 spiro atoms. The molecule has 4 aliphatic carbocycles. The third kappa shape index (κ3) is 3.52. The van der Waals surface area contributed by atoms with E-state index in [1.165, 1.54) is 22.3 Å². The van der Waals surface area contributed by atoms with Gasteiger partial charge in [-0.05, 0) is 58.8 Å². The Morgan fingerprint density at radius 3 is 1.47 bits per heavy atom. The van der Waals surface area contributed by atoms with Gasteiger partial charge in [-0.15, -0.1) is 0 Å². The van der Waals surface area contributed by atoms with Gasteiger partial charge in [-0.1, -0.05) is 134 Å². The molecule has 0 N–H and O–H groups in total. The molecule has 34 heavy (non-hydrogen) atoms. The fourth-order valence-corrected chi connectivity index (χ4v) is 6.97. The van der Waals surface area contributed by atoms with E-state index in [0.717, 1.165) is 25.7 Å². The average molecular weight is 443 g/mol. The number of hydrogen-bond donors (Lipinski definition) is 0. The Morgan fingerprint density at radius 2 is 1.06 bits per heavy atom. The summed E-state index contributed by atoms with van der Waals surface area (Å²) in [4.78, 5) is 0. The van der Waals surface area contributed by atoms with Gasteiger partial charge in [0.05, 0.1) is 0 Å². The predicted octanol–water partition coefficient (Wildman–Crippen LogP) is 9.17. The molecule has 0 heterocycles. The summed E-state index contributed by atoms with van der Waals surface area (Å²) in [5, 5.41) is 0. The van der Waals surface area contributed by atoms with Gasteiger partial charge in [-0.25, -0.2) is 0 Å². The lowest BCUT2D eigenvalue weighted by Crippen LogP contribution is -2.26. The summed E-state index contributed by atoms with van der Waals surface area (Å²) in [6, 6.07) is 18.1. The number of fused-ring (bicyclic) bond motifs is 2. The highest BCUT2D eigenvalue weighted by molar-refractivity contribution is 5.70. The van der Waals surface area contributed by atoms with Gasteiger partial charge in [0.25, 0.3) is 0 Å². The number of benzene rings is 2. The van der Waals surface area contributed by atoms with E-state index in [9.17, 15) is 0 Å². The van der Waals surface area contributed by atoms with Crippen molar-refractivity contribution in [1.29, 1.82) is 0 Å². The maximum absolute atomic E-state index is 2.50. The Morgan fingerprint density at radius 1 is 0.618 bits per heavy atom. The maximum atomic E-state index is 2.50. The van der Waals surface area contributed by atoms with E-state index < -0.39 is 0 Å². The van der Waals surface area contributed by atoms with Crippen LogP contribution in [0.1, 0.15) is 73.6 Å². The van der Waals surface area contributed by atoms with E-state index in [1.54, 1.807) is 11.1 Å². The molecule has 170 valence electrons. The minimum Gasteiger partial charge on any atom is -0.0837 e. The summed E-state index contributed by atoms with van der Waals surface area (Å²) < 4.78 is 0. The zero-order valence-electron chi connectivity index (χ0n) is 20.4. The van der Waals surface area contributed by atoms with E-state index >= 15 is 0 Å². The van der Waals surface area contributed by atoms with Crippen molar-refractivity contribution in [3.8, 4) is 0 Å². The van der Waals surface area contributed by atoms with E-state index in [0.29, 0.717) is 11.8 Å². The summed E-state index contributed by atoms with van der Waals surface area (Å²) in [5.41, 5.74) is 9.33. The van der Waals surface area contributed by atoms with Crippen molar-refractivity contribution in [1.82, 2.24) is 0 Å². The van der Waals surface area contributed by atoms with Crippen molar-refractivity contribution in [3.63, 3.8) is 0 Å². The van der Waals surface area contributed by atoms with Gasteiger partial charge < -0.3 is 0 Å². The van der Waals surface area contributed by atoms with Crippen LogP contribution >= 0.6 is 0 Å². The molecule has 0 heteroatoms. The van der Waals surface area contributed by atoms with Crippen LogP contribution in [0.25, 0.3) is 12.2 Å². The summed E-state index contributed by atoms with van der Waals surface area (Å²) in [6.07, 6.45) is 27.9. The van der Waals surface area contributed by atoms with Gasteiger partial charge in [0.2, 0.25) is 0 Å². The molecule has 4 atom stereocenters. The van der Waals surface area contributed by atoms with E-state index in [4.69, 9.17) is 0 Å². The smallest absolute Gasteiger partial charge is 0.0149 e. The second kappa shape index (κ2) is 8.27. The molecule has 0 amide bonds. The Labute approximate surface area is 204 Å². The molecule has 0 nitrogen and oxygen atoms in total. The Bertz CT molecular complexity index is 1190. The average Bonchev–Trinajstić information content (AvgIpc) is 3.42. The molecule has 2 aromatic carbocycles. The maximum Gasteiger partial charge on any atom is 0.0149 e. The highest BCUT2D eigenvalue weighted by Gasteiger charge is 2.41. The van der Waals surface area contributed by atoms with E-state index in [2.05, 4.69) is 123 Å². The van der Waals surface area contributed by atoms with Crippen molar-refractivity contribution < 1.29 is 0 Å². The van der Waals surface area contributed by atoms with Gasteiger partial charge in [0, 0.05) is 11.8 Å². The van der Waals surface area contributed by atoms with Gasteiger partial charge in [-0.2, -0.15) is 0 Å². The zero-order chi connectivity index (χ0) is 23.2. The topological polar surface area (TPSA) is 0 Å². The van der Waals surface area contributed by atoms with Crippen molar-refractivity contribution in [2.24, 2.45) is 10.8 Å². The number of rotatable bonds is 5. The molecule has 0 saturated heterocycles. The van der Waals surface area contributed by atoms with Gasteiger partial charge in [0.1, 0.15) is 0 Å². The SMILES string of the molecule is CC1(C2C(CCC3=Cc4ccccc4C3C3(C)C=CC=CC3)=Cc3ccccc32)C=CC=CC1. The van der Waals surface area contributed by atoms with Crippen LogP contribution in [0, 0.1) is 10.8 Å². The van der Waals surface area contributed by atoms with Crippen LogP contribution in [0.5, 0.6) is 0 Å². The van der Waals surface area contributed by atoms with Crippen molar-refractivity contribution in [2.75, 3.05) is 0 Å². The second-order valence-corrected chi connectivity index (χ2v) is 11.1. The highest BCUT2D eigenvalue weighted by atomic mass is 14.4. The van der Waals surface area contributed by atoms with E-state index in [-0.39, 0.29) is 10.8 Å². The molecule has 0 aliphatic heterocycles. The minimum atomic E-state index is 0.141. The monoisotopic (exact) mass is 442 g/mol. The number of hydrogen-bond acceptors (Lipinski definition) is 0. The van der Waals surface area contributed by atoms with Gasteiger partial charge in [0.15, 0.2) is 0 Å². The normalized spacial score (nSPS) is 30.8. The molecule has 2 aromatic rings. The lowest BCUT2D eigenvalue weighted by atomic mass is 9.66. The van der Waals surface area contributed by atoms with Crippen molar-refractivity contribution in [3.05, 3.63) is 131 Å². The molecular weight excluding hydrogens is 408 g/mol. The molecular formula is C34H34. The summed E-state index contributed by atoms with van der Waals surface area (Å²) >= 11 is 0. The first kappa shape index (κ1) is 21.4. The lowest BCUT2D eigenvalue weighted by molar-refractivity contribution is 0.359. The van der Waals surface area contributed by atoms with Gasteiger partial charge >= 0.3 is 0 Å². The highest BCUT2D eigenvalue weighted by Crippen LogP contribution is 2.55. The lowest BCUT2D eigenvalue weighted by Gasteiger charge is -2.38. The molecule has 4 unspecified atom stereocenters. The van der Waals surface area contributed by atoms with Crippen LogP contribution < -0.4 is 0 Å². The fourth-order valence-electron chi connectivity index (χ4n) is 6.97. The second-order valence-electron chi connectivity index (χ2n) is 11.1. The van der Waals surface area contributed by atoms with Crippen LogP contribution in [0.15, 0.2) is 108 Å². The van der Waals surface area contributed by atoms with Crippen molar-refractivity contribution >= 4 is 12.2 Å². The molecule has 0 aromatic heterocycles. The first-order valence-corrected chi connectivity index (χ1v) is 12.8. The molecule has 4 aliphatic rings. The summed E-state index contributed by atoms with van der Waals surface area (Å²) in [7, 11) is 0. The molecule has 6 rings (SSSR count). The number of allylic oxidation sites excluding steroid dienone is 10. The predicted molar refractivity (Wildman–Crippen MR) is 146 cm³/mol. The summed E-state index contributed by atoms with van der Waals surface area (Å²) in [6.45, 7) is 4.89. The molecule has 0 fully saturated rings. The summed E-state index contributed by atoms with van der Waals surface area (Å²) in [5.74, 6) is 0.918. The van der Waals surface area contributed by atoms with Crippen LogP contribution in [0.3, 0.4) is 0 Å². The Balaban J connectivity index is 1.32. The van der Waals surface area contributed by atoms with Crippen LogP contribution in [-0.2, 0) is 0 Å². The Hall–Kier alpha value is -3.12. The van der Waals surface area contributed by atoms with Crippen LogP contribution in [0.2, 0.25) is 0 Å². The first-order chi connectivity index (χ1) is 16.6. The van der Waals surface area contributed by atoms with Crippen LogP contribution in [-0.4, -0.2) is 0 Å². The molecule has 0 bridgehead atoms.